The van der Waals surface area contributed by atoms with Gasteiger partial charge in [-0.05, 0) is 95.0 Å². The summed E-state index contributed by atoms with van der Waals surface area (Å²) in [6.07, 6.45) is 0. The molecule has 0 heterocycles. The van der Waals surface area contributed by atoms with Crippen LogP contribution in [0.5, 0.6) is 0 Å². The highest BCUT2D eigenvalue weighted by Gasteiger charge is 2.33. The highest BCUT2D eigenvalue weighted by molar-refractivity contribution is 7.92. The molecule has 0 fully saturated rings. The van der Waals surface area contributed by atoms with Crippen molar-refractivity contribution in [1.29, 1.82) is 0 Å². The normalized spacial score (nSPS) is 12.5. The number of carbonyl (C=O) groups is 2. The Morgan fingerprint density at radius 3 is 2.00 bits per heavy atom. The number of nitrogens with one attached hydrogen (secondary N) is 1. The summed E-state index contributed by atoms with van der Waals surface area (Å²) < 4.78 is 28.9. The third-order valence-electron chi connectivity index (χ3n) is 6.37. The number of aryl methyl sites for hydroxylation is 3. The van der Waals surface area contributed by atoms with E-state index in [0.717, 1.165) is 26.6 Å². The van der Waals surface area contributed by atoms with E-state index in [2.05, 4.69) is 5.32 Å². The van der Waals surface area contributed by atoms with E-state index >= 15 is 0 Å². The van der Waals surface area contributed by atoms with Crippen LogP contribution in [0.4, 0.5) is 5.69 Å². The fraction of sp³-hybridized carbons (Fsp3) is 0.355. The zero-order valence-electron chi connectivity index (χ0n) is 23.9. The summed E-state index contributed by atoms with van der Waals surface area (Å²) >= 11 is 0. The minimum atomic E-state index is -4.09. The Balaban J connectivity index is 2.07. The van der Waals surface area contributed by atoms with E-state index in [1.807, 2.05) is 71.9 Å². The first-order chi connectivity index (χ1) is 18.2. The summed E-state index contributed by atoms with van der Waals surface area (Å²) in [4.78, 5) is 28.8. The predicted octanol–water partition coefficient (Wildman–Crippen LogP) is 5.14. The largest absolute Gasteiger partial charge is 0.350 e. The van der Waals surface area contributed by atoms with Gasteiger partial charge in [0.15, 0.2) is 0 Å². The van der Waals surface area contributed by atoms with Crippen LogP contribution in [0.2, 0.25) is 0 Å². The minimum absolute atomic E-state index is 0.0842. The van der Waals surface area contributed by atoms with E-state index in [1.165, 1.54) is 17.0 Å². The lowest BCUT2D eigenvalue weighted by atomic mass is 10.1. The third kappa shape index (κ3) is 7.69. The molecule has 39 heavy (non-hydrogen) atoms. The monoisotopic (exact) mass is 549 g/mol. The van der Waals surface area contributed by atoms with E-state index in [4.69, 9.17) is 0 Å². The van der Waals surface area contributed by atoms with E-state index in [-0.39, 0.29) is 17.3 Å². The predicted molar refractivity (Wildman–Crippen MR) is 156 cm³/mol. The van der Waals surface area contributed by atoms with Crippen molar-refractivity contribution in [3.63, 3.8) is 0 Å². The molecule has 0 aliphatic carbocycles. The molecule has 1 N–H and O–H groups in total. The summed E-state index contributed by atoms with van der Waals surface area (Å²) in [5, 5.41) is 2.95. The maximum absolute atomic E-state index is 14.0. The number of carbonyl (C=O) groups excluding carboxylic acids is 2. The van der Waals surface area contributed by atoms with Crippen molar-refractivity contribution in [3.8, 4) is 0 Å². The first-order valence-corrected chi connectivity index (χ1v) is 14.4. The van der Waals surface area contributed by atoms with Crippen LogP contribution in [-0.2, 0) is 26.2 Å². The lowest BCUT2D eigenvalue weighted by Gasteiger charge is -2.34. The average Bonchev–Trinajstić information content (AvgIpc) is 2.85. The summed E-state index contributed by atoms with van der Waals surface area (Å²) in [6, 6.07) is 20.3. The van der Waals surface area contributed by atoms with Gasteiger partial charge in [0.2, 0.25) is 11.8 Å². The second-order valence-corrected chi connectivity index (χ2v) is 12.9. The molecule has 0 aliphatic heterocycles. The van der Waals surface area contributed by atoms with E-state index in [0.29, 0.717) is 5.69 Å². The quantitative estimate of drug-likeness (QED) is 0.401. The van der Waals surface area contributed by atoms with Gasteiger partial charge in [0.05, 0.1) is 10.6 Å². The molecule has 0 aromatic heterocycles. The van der Waals surface area contributed by atoms with Crippen LogP contribution >= 0.6 is 0 Å². The van der Waals surface area contributed by atoms with Gasteiger partial charge in [-0.15, -0.1) is 0 Å². The Kier molecular flexibility index (Phi) is 9.22. The molecular weight excluding hydrogens is 510 g/mol. The molecule has 3 aromatic carbocycles. The number of hydrogen-bond acceptors (Lipinski definition) is 4. The molecule has 0 spiro atoms. The molecule has 0 aliphatic rings. The first-order valence-electron chi connectivity index (χ1n) is 13.0. The van der Waals surface area contributed by atoms with Gasteiger partial charge >= 0.3 is 0 Å². The van der Waals surface area contributed by atoms with E-state index in [1.54, 1.807) is 37.3 Å². The Bertz CT molecular complexity index is 1410. The molecule has 0 bridgehead atoms. The Hall–Kier alpha value is -3.65. The SMILES string of the molecule is Cc1cc(C)cc(N(CC(=O)N(Cc2ccccc2C)[C@H](C)C(=O)NC(C)(C)C)S(=O)(=O)c2ccccc2)c1. The number of anilines is 1. The molecular formula is C31H39N3O4S. The van der Waals surface area contributed by atoms with Crippen molar-refractivity contribution in [2.45, 2.75) is 71.5 Å². The molecule has 2 amide bonds. The second kappa shape index (κ2) is 12.0. The van der Waals surface area contributed by atoms with Gasteiger partial charge in [-0.3, -0.25) is 13.9 Å². The van der Waals surface area contributed by atoms with Crippen molar-refractivity contribution in [2.75, 3.05) is 10.8 Å². The third-order valence-corrected chi connectivity index (χ3v) is 8.16. The van der Waals surface area contributed by atoms with Crippen molar-refractivity contribution in [3.05, 3.63) is 95.1 Å². The molecule has 0 saturated heterocycles. The molecule has 3 aromatic rings. The second-order valence-electron chi connectivity index (χ2n) is 11.0. The number of benzene rings is 3. The Morgan fingerprint density at radius 2 is 1.44 bits per heavy atom. The van der Waals surface area contributed by atoms with Crippen molar-refractivity contribution in [2.24, 2.45) is 0 Å². The number of rotatable bonds is 9. The van der Waals surface area contributed by atoms with Gasteiger partial charge in [0, 0.05) is 12.1 Å². The summed E-state index contributed by atoms with van der Waals surface area (Å²) in [7, 11) is -4.09. The summed E-state index contributed by atoms with van der Waals surface area (Å²) in [5.41, 5.74) is 3.50. The molecule has 0 radical (unpaired) electrons. The van der Waals surface area contributed by atoms with Gasteiger partial charge in [0.25, 0.3) is 10.0 Å². The summed E-state index contributed by atoms with van der Waals surface area (Å²) in [5.74, 6) is -0.790. The standard InChI is InChI=1S/C31H39N3O4S/c1-22-17-23(2)19-27(18-22)34(39(37,38)28-15-9-8-10-16-28)21-29(35)33(20-26-14-12-11-13-24(26)3)25(4)30(36)32-31(5,6)7/h8-19,25H,20-21H2,1-7H3,(H,32,36)/t25-/m1/s1. The van der Waals surface area contributed by atoms with E-state index < -0.39 is 34.1 Å². The van der Waals surface area contributed by atoms with Crippen LogP contribution in [0.15, 0.2) is 77.7 Å². The maximum atomic E-state index is 14.0. The molecule has 3 rings (SSSR count). The minimum Gasteiger partial charge on any atom is -0.350 e. The fourth-order valence-electron chi connectivity index (χ4n) is 4.37. The molecule has 0 unspecified atom stereocenters. The van der Waals surface area contributed by atoms with Crippen LogP contribution in [0.25, 0.3) is 0 Å². The van der Waals surface area contributed by atoms with Crippen molar-refractivity contribution in [1.82, 2.24) is 10.2 Å². The zero-order chi connectivity index (χ0) is 29.0. The Labute approximate surface area is 232 Å². The maximum Gasteiger partial charge on any atom is 0.264 e. The molecule has 208 valence electrons. The smallest absolute Gasteiger partial charge is 0.264 e. The van der Waals surface area contributed by atoms with Crippen LogP contribution in [-0.4, -0.2) is 43.3 Å². The highest BCUT2D eigenvalue weighted by Crippen LogP contribution is 2.27. The average molecular weight is 550 g/mol. The van der Waals surface area contributed by atoms with Crippen LogP contribution in [0.1, 0.15) is 49.9 Å². The lowest BCUT2D eigenvalue weighted by Crippen LogP contribution is -2.54. The molecule has 0 saturated carbocycles. The van der Waals surface area contributed by atoms with E-state index in [9.17, 15) is 18.0 Å². The number of sulfonamides is 1. The number of amides is 2. The fourth-order valence-corrected chi connectivity index (χ4v) is 5.79. The van der Waals surface area contributed by atoms with Crippen LogP contribution in [0, 0.1) is 20.8 Å². The molecule has 8 heteroatoms. The number of hydrogen-bond donors (Lipinski definition) is 1. The molecule has 1 atom stereocenters. The lowest BCUT2D eigenvalue weighted by molar-refractivity contribution is -0.140. The van der Waals surface area contributed by atoms with Gasteiger partial charge in [0.1, 0.15) is 12.6 Å². The van der Waals surface area contributed by atoms with Gasteiger partial charge in [-0.2, -0.15) is 0 Å². The highest BCUT2D eigenvalue weighted by atomic mass is 32.2. The van der Waals surface area contributed by atoms with Crippen molar-refractivity contribution >= 4 is 27.5 Å². The first kappa shape index (κ1) is 29.9. The van der Waals surface area contributed by atoms with Gasteiger partial charge < -0.3 is 10.2 Å². The van der Waals surface area contributed by atoms with Crippen molar-refractivity contribution < 1.29 is 18.0 Å². The van der Waals surface area contributed by atoms with Gasteiger partial charge in [-0.25, -0.2) is 8.42 Å². The Morgan fingerprint density at radius 1 is 0.872 bits per heavy atom. The zero-order valence-corrected chi connectivity index (χ0v) is 24.7. The van der Waals surface area contributed by atoms with Crippen LogP contribution in [0.3, 0.4) is 0 Å². The van der Waals surface area contributed by atoms with Gasteiger partial charge in [-0.1, -0.05) is 48.5 Å². The van der Waals surface area contributed by atoms with Crippen LogP contribution < -0.4 is 9.62 Å². The number of nitrogens with zero attached hydrogens (tertiary/aromatic N) is 2. The topological polar surface area (TPSA) is 86.8 Å². The summed E-state index contributed by atoms with van der Waals surface area (Å²) in [6.45, 7) is 12.7. The molecule has 7 nitrogen and oxygen atoms in total.